The van der Waals surface area contributed by atoms with Gasteiger partial charge in [-0.2, -0.15) is 0 Å². The van der Waals surface area contributed by atoms with Crippen LogP contribution in [0.3, 0.4) is 0 Å². The van der Waals surface area contributed by atoms with Gasteiger partial charge >= 0.3 is 12.1 Å². The fourth-order valence-electron chi connectivity index (χ4n) is 4.20. The molecular formula is C28H39N3O6SSi. The van der Waals surface area contributed by atoms with Crippen LogP contribution >= 0.6 is 11.3 Å². The van der Waals surface area contributed by atoms with Crippen LogP contribution in [-0.2, 0) is 9.47 Å². The number of likely N-dealkylation sites (tertiary alicyclic amines) is 1. The molecule has 1 aromatic carbocycles. The van der Waals surface area contributed by atoms with Crippen LogP contribution in [0.2, 0.25) is 25.7 Å². The summed E-state index contributed by atoms with van der Waals surface area (Å²) in [4.78, 5) is 31.6. The first-order valence-corrected chi connectivity index (χ1v) is 17.8. The number of nitrogens with zero attached hydrogens (tertiary/aromatic N) is 3. The fraction of sp³-hybridized carbons (Fsp3) is 0.536. The first-order valence-electron chi connectivity index (χ1n) is 13.3. The number of imidazole rings is 1. The first kappa shape index (κ1) is 28.9. The van der Waals surface area contributed by atoms with Crippen LogP contribution in [0.4, 0.5) is 4.79 Å². The Bertz CT molecular complexity index is 1320. The summed E-state index contributed by atoms with van der Waals surface area (Å²) in [5, 5.41) is 0.809. The third-order valence-corrected chi connectivity index (χ3v) is 9.12. The first-order chi connectivity index (χ1) is 18.3. The molecule has 3 aromatic rings. The van der Waals surface area contributed by atoms with Gasteiger partial charge in [0.2, 0.25) is 0 Å². The molecule has 1 saturated heterocycles. The highest BCUT2D eigenvalue weighted by molar-refractivity contribution is 7.16. The van der Waals surface area contributed by atoms with E-state index in [1.54, 1.807) is 11.2 Å². The SMILES string of the molecule is COC(=O)c1sc(-n2cnc3ccc(OC4CCN(C(=O)OC(C)(C)C)CC4)cc32)cc1OCC[Si](C)(C)C. The van der Waals surface area contributed by atoms with Crippen molar-refractivity contribution in [1.29, 1.82) is 0 Å². The normalized spacial score (nSPS) is 14.9. The molecule has 0 N–H and O–H groups in total. The van der Waals surface area contributed by atoms with Gasteiger partial charge in [0, 0.05) is 46.1 Å². The lowest BCUT2D eigenvalue weighted by atomic mass is 10.1. The number of carbonyl (C=O) groups is 2. The van der Waals surface area contributed by atoms with E-state index in [1.807, 2.05) is 49.6 Å². The van der Waals surface area contributed by atoms with Crippen LogP contribution in [0.15, 0.2) is 30.6 Å². The summed E-state index contributed by atoms with van der Waals surface area (Å²) < 4.78 is 24.8. The number of benzene rings is 1. The fourth-order valence-corrected chi connectivity index (χ4v) is 5.92. The number of carbonyl (C=O) groups excluding carboxylic acids is 2. The van der Waals surface area contributed by atoms with Crippen LogP contribution in [0, 0.1) is 0 Å². The van der Waals surface area contributed by atoms with Gasteiger partial charge in [-0.05, 0) is 38.9 Å². The van der Waals surface area contributed by atoms with Crippen molar-refractivity contribution >= 4 is 42.5 Å². The van der Waals surface area contributed by atoms with Gasteiger partial charge in [-0.3, -0.25) is 4.57 Å². The van der Waals surface area contributed by atoms with E-state index < -0.39 is 19.6 Å². The number of amides is 1. The van der Waals surface area contributed by atoms with Gasteiger partial charge in [-0.25, -0.2) is 14.6 Å². The van der Waals surface area contributed by atoms with Gasteiger partial charge < -0.3 is 23.8 Å². The van der Waals surface area contributed by atoms with Crippen molar-refractivity contribution in [3.63, 3.8) is 0 Å². The van der Waals surface area contributed by atoms with Crippen LogP contribution < -0.4 is 9.47 Å². The minimum Gasteiger partial charge on any atom is -0.492 e. The van der Waals surface area contributed by atoms with E-state index >= 15 is 0 Å². The summed E-state index contributed by atoms with van der Waals surface area (Å²) in [5.74, 6) is 0.850. The molecule has 1 aliphatic rings. The number of thiophene rings is 1. The molecule has 1 amide bonds. The third-order valence-electron chi connectivity index (χ3n) is 6.32. The number of hydrogen-bond acceptors (Lipinski definition) is 8. The number of piperidine rings is 1. The van der Waals surface area contributed by atoms with E-state index in [0.29, 0.717) is 30.3 Å². The zero-order chi connectivity index (χ0) is 28.4. The molecule has 3 heterocycles. The number of hydrogen-bond donors (Lipinski definition) is 0. The zero-order valence-electron chi connectivity index (χ0n) is 23.9. The highest BCUT2D eigenvalue weighted by atomic mass is 32.1. The molecule has 0 radical (unpaired) electrons. The highest BCUT2D eigenvalue weighted by Gasteiger charge is 2.28. The minimum absolute atomic E-state index is 0.00320. The molecule has 11 heteroatoms. The minimum atomic E-state index is -1.28. The van der Waals surface area contributed by atoms with Crippen molar-refractivity contribution < 1.29 is 28.5 Å². The number of methoxy groups -OCH3 is 1. The van der Waals surface area contributed by atoms with Crippen molar-refractivity contribution in [2.45, 2.75) is 71.0 Å². The lowest BCUT2D eigenvalue weighted by Gasteiger charge is -2.33. The second-order valence-corrected chi connectivity index (χ2v) is 18.6. The van der Waals surface area contributed by atoms with E-state index in [-0.39, 0.29) is 12.2 Å². The predicted molar refractivity (Wildman–Crippen MR) is 155 cm³/mol. The summed E-state index contributed by atoms with van der Waals surface area (Å²) in [5.41, 5.74) is 1.17. The Kier molecular flexibility index (Phi) is 8.60. The molecule has 2 aromatic heterocycles. The summed E-state index contributed by atoms with van der Waals surface area (Å²) in [6.45, 7) is 14.2. The van der Waals surface area contributed by atoms with Crippen molar-refractivity contribution in [1.82, 2.24) is 14.5 Å². The summed E-state index contributed by atoms with van der Waals surface area (Å²) >= 11 is 1.32. The smallest absolute Gasteiger partial charge is 0.410 e. The second kappa shape index (κ2) is 11.6. The molecule has 4 rings (SSSR count). The van der Waals surface area contributed by atoms with E-state index in [0.717, 1.165) is 40.7 Å². The van der Waals surface area contributed by atoms with Crippen molar-refractivity contribution in [3.05, 3.63) is 35.5 Å². The van der Waals surface area contributed by atoms with E-state index in [1.165, 1.54) is 18.4 Å². The Morgan fingerprint density at radius 2 is 1.85 bits per heavy atom. The van der Waals surface area contributed by atoms with E-state index in [2.05, 4.69) is 24.6 Å². The molecule has 1 aliphatic heterocycles. The molecule has 0 spiro atoms. The van der Waals surface area contributed by atoms with Crippen molar-refractivity contribution in [2.24, 2.45) is 0 Å². The zero-order valence-corrected chi connectivity index (χ0v) is 25.7. The molecule has 0 atom stereocenters. The number of fused-ring (bicyclic) bond motifs is 1. The molecular weight excluding hydrogens is 534 g/mol. The van der Waals surface area contributed by atoms with Crippen LogP contribution in [0.5, 0.6) is 11.5 Å². The largest absolute Gasteiger partial charge is 0.492 e. The van der Waals surface area contributed by atoms with Gasteiger partial charge in [0.25, 0.3) is 0 Å². The van der Waals surface area contributed by atoms with Gasteiger partial charge in [-0.1, -0.05) is 19.6 Å². The molecule has 0 aliphatic carbocycles. The number of aromatic nitrogens is 2. The van der Waals surface area contributed by atoms with E-state index in [9.17, 15) is 9.59 Å². The Labute approximate surface area is 235 Å². The molecule has 0 unspecified atom stereocenters. The van der Waals surface area contributed by atoms with Gasteiger partial charge in [0.05, 0.1) is 24.8 Å². The van der Waals surface area contributed by atoms with Crippen LogP contribution in [-0.4, -0.2) is 73.1 Å². The maximum Gasteiger partial charge on any atom is 0.410 e. The number of ether oxygens (including phenoxy) is 4. The lowest BCUT2D eigenvalue weighted by molar-refractivity contribution is 0.0126. The van der Waals surface area contributed by atoms with Crippen molar-refractivity contribution in [2.75, 3.05) is 26.8 Å². The maximum absolute atomic E-state index is 12.5. The Morgan fingerprint density at radius 3 is 2.49 bits per heavy atom. The van der Waals surface area contributed by atoms with Gasteiger partial charge in [0.15, 0.2) is 4.88 Å². The van der Waals surface area contributed by atoms with Crippen molar-refractivity contribution in [3.8, 4) is 16.5 Å². The molecule has 0 bridgehead atoms. The quantitative estimate of drug-likeness (QED) is 0.228. The van der Waals surface area contributed by atoms with Gasteiger partial charge in [0.1, 0.15) is 34.5 Å². The van der Waals surface area contributed by atoms with Crippen LogP contribution in [0.1, 0.15) is 43.3 Å². The molecule has 0 saturated carbocycles. The summed E-state index contributed by atoms with van der Waals surface area (Å²) in [7, 11) is 0.0935. The summed E-state index contributed by atoms with van der Waals surface area (Å²) in [6.07, 6.45) is 2.91. The van der Waals surface area contributed by atoms with Crippen LogP contribution in [0.25, 0.3) is 16.0 Å². The average molecular weight is 574 g/mol. The third kappa shape index (κ3) is 7.54. The number of esters is 1. The highest BCUT2D eigenvalue weighted by Crippen LogP contribution is 2.35. The Morgan fingerprint density at radius 1 is 1.13 bits per heavy atom. The predicted octanol–water partition coefficient (Wildman–Crippen LogP) is 6.37. The monoisotopic (exact) mass is 573 g/mol. The number of rotatable bonds is 8. The standard InChI is InChI=1S/C28H39N3O6SSi/c1-28(2,3)37-27(33)30-12-10-19(11-13-30)36-20-8-9-21-22(16-20)31(18-29-21)24-17-23(25(38-24)26(32)34-4)35-14-15-39(5,6)7/h8-9,16-19H,10-15H2,1-7H3. The summed E-state index contributed by atoms with van der Waals surface area (Å²) in [6, 6.07) is 8.68. The lowest BCUT2D eigenvalue weighted by Crippen LogP contribution is -2.44. The maximum atomic E-state index is 12.5. The Hall–Kier alpha value is -3.05. The Balaban J connectivity index is 1.49. The molecule has 212 valence electrons. The molecule has 9 nitrogen and oxygen atoms in total. The van der Waals surface area contributed by atoms with Gasteiger partial charge in [-0.15, -0.1) is 11.3 Å². The topological polar surface area (TPSA) is 92.1 Å². The second-order valence-electron chi connectivity index (χ2n) is 12.0. The average Bonchev–Trinajstić information content (AvgIpc) is 3.46. The van der Waals surface area contributed by atoms with E-state index in [4.69, 9.17) is 18.9 Å². The molecule has 1 fully saturated rings. The molecule has 39 heavy (non-hydrogen) atoms.